The topological polar surface area (TPSA) is 53.5 Å². The van der Waals surface area contributed by atoms with E-state index in [2.05, 4.69) is 184 Å². The fourth-order valence-electron chi connectivity index (χ4n) is 9.01. The van der Waals surface area contributed by atoms with Crippen LogP contribution in [0, 0.1) is 0 Å². The lowest BCUT2D eigenvalue weighted by molar-refractivity contribution is 1.06. The van der Waals surface area contributed by atoms with Crippen LogP contribution in [-0.4, -0.2) is 28.7 Å². The van der Waals surface area contributed by atoms with Crippen LogP contribution in [0.3, 0.4) is 0 Å². The summed E-state index contributed by atoms with van der Waals surface area (Å²) in [6.45, 7) is 0. The van der Waals surface area contributed by atoms with Gasteiger partial charge in [-0.3, -0.25) is 0 Å². The third-order valence-electron chi connectivity index (χ3n) is 11.5. The third-order valence-corrected chi connectivity index (χ3v) is 11.5. The molecule has 4 heterocycles. The highest BCUT2D eigenvalue weighted by Crippen LogP contribution is 2.46. The van der Waals surface area contributed by atoms with Gasteiger partial charge in [-0.1, -0.05) is 146 Å². The van der Waals surface area contributed by atoms with E-state index in [1.165, 1.54) is 38.1 Å². The van der Waals surface area contributed by atoms with Crippen molar-refractivity contribution in [3.8, 4) is 51.2 Å². The lowest BCUT2D eigenvalue weighted by Gasteiger charge is -2.15. The zero-order valence-corrected chi connectivity index (χ0v) is 31.8. The summed E-state index contributed by atoms with van der Waals surface area (Å²) < 4.78 is 7.30. The zero-order chi connectivity index (χ0) is 38.9. The first kappa shape index (κ1) is 33.1. The molecule has 0 saturated heterocycles. The van der Waals surface area contributed by atoms with Crippen LogP contribution in [0.1, 0.15) is 0 Å². The molecule has 59 heavy (non-hydrogen) atoms. The van der Waals surface area contributed by atoms with Gasteiger partial charge in [0.2, 0.25) is 0 Å². The van der Waals surface area contributed by atoms with Gasteiger partial charge >= 0.3 is 0 Å². The van der Waals surface area contributed by atoms with Crippen LogP contribution in [-0.2, 0) is 0 Å². The predicted molar refractivity (Wildman–Crippen MR) is 242 cm³/mol. The summed E-state index contributed by atoms with van der Waals surface area (Å²) >= 11 is 0. The largest absolute Gasteiger partial charge is 0.308 e. The van der Waals surface area contributed by atoms with E-state index in [9.17, 15) is 0 Å². The maximum Gasteiger partial charge on any atom is 0.166 e. The SMILES string of the molecule is c1ccc(-c2nc(-c3ccccc3)nc(-c3ccccc3-n3c4ccccc4c4c5c(ccc43)n(-c3ccccc3)c3c4ccccc4n(-c4ccccc4)c53)n2)cc1. The van der Waals surface area contributed by atoms with E-state index >= 15 is 0 Å². The van der Waals surface area contributed by atoms with Gasteiger partial charge in [0.25, 0.3) is 0 Å². The molecule has 0 unspecified atom stereocenters. The Bertz CT molecular complexity index is 3430. The number of hydrogen-bond acceptors (Lipinski definition) is 3. The number of benzene rings is 8. The predicted octanol–water partition coefficient (Wildman–Crippen LogP) is 13.0. The summed E-state index contributed by atoms with van der Waals surface area (Å²) in [6.07, 6.45) is 0. The molecule has 0 spiro atoms. The third kappa shape index (κ3) is 5.10. The minimum atomic E-state index is 0.613. The van der Waals surface area contributed by atoms with Gasteiger partial charge < -0.3 is 13.7 Å². The minimum Gasteiger partial charge on any atom is -0.308 e. The molecule has 6 nitrogen and oxygen atoms in total. The lowest BCUT2D eigenvalue weighted by Crippen LogP contribution is -2.03. The molecule has 0 saturated carbocycles. The minimum absolute atomic E-state index is 0.613. The first-order valence-corrected chi connectivity index (χ1v) is 19.9. The van der Waals surface area contributed by atoms with Gasteiger partial charge in [-0.15, -0.1) is 0 Å². The average molecular weight is 755 g/mol. The number of hydrogen-bond donors (Lipinski definition) is 0. The molecule has 12 rings (SSSR count). The summed E-state index contributed by atoms with van der Waals surface area (Å²) in [6, 6.07) is 72.5. The van der Waals surface area contributed by atoms with E-state index in [1.54, 1.807) is 0 Å². The first-order chi connectivity index (χ1) is 29.3. The van der Waals surface area contributed by atoms with Gasteiger partial charge in [0, 0.05) is 49.6 Å². The van der Waals surface area contributed by atoms with Crippen LogP contribution in [0.25, 0.3) is 106 Å². The molecule has 0 N–H and O–H groups in total. The summed E-state index contributed by atoms with van der Waals surface area (Å²) in [5, 5.41) is 4.77. The van der Waals surface area contributed by atoms with Gasteiger partial charge in [-0.2, -0.15) is 0 Å². The number of para-hydroxylation sites is 5. The van der Waals surface area contributed by atoms with Crippen LogP contribution in [0.4, 0.5) is 0 Å². The van der Waals surface area contributed by atoms with Crippen LogP contribution < -0.4 is 0 Å². The zero-order valence-electron chi connectivity index (χ0n) is 31.8. The smallest absolute Gasteiger partial charge is 0.166 e. The standard InChI is InChI=1S/C53H34N6/c1-5-19-35(20-6-1)51-54-52(36-21-7-2-8-22-36)56-53(55-51)41-29-15-18-32-44(41)59-42-30-16-13-27-39(42)47-45(59)33-34-46-48(47)50-49(58(46)38-25-11-4-12-26-38)40-28-14-17-31-43(40)57(50)37-23-9-3-10-24-37/h1-34H. The Morgan fingerprint density at radius 1 is 0.288 bits per heavy atom. The monoisotopic (exact) mass is 754 g/mol. The first-order valence-electron chi connectivity index (χ1n) is 19.9. The Morgan fingerprint density at radius 3 is 1.34 bits per heavy atom. The van der Waals surface area contributed by atoms with Gasteiger partial charge in [0.05, 0.1) is 38.8 Å². The molecule has 276 valence electrons. The van der Waals surface area contributed by atoms with Crippen LogP contribution in [0.15, 0.2) is 206 Å². The number of aromatic nitrogens is 6. The van der Waals surface area contributed by atoms with Crippen molar-refractivity contribution in [2.75, 3.05) is 0 Å². The second-order valence-corrected chi connectivity index (χ2v) is 14.8. The molecule has 0 aliphatic rings. The highest BCUT2D eigenvalue weighted by molar-refractivity contribution is 6.31. The molecule has 4 aromatic heterocycles. The van der Waals surface area contributed by atoms with Crippen LogP contribution in [0.5, 0.6) is 0 Å². The maximum absolute atomic E-state index is 5.19. The summed E-state index contributed by atoms with van der Waals surface area (Å²) in [7, 11) is 0. The number of rotatable bonds is 6. The van der Waals surface area contributed by atoms with E-state index in [4.69, 9.17) is 15.0 Å². The molecule has 6 heteroatoms. The average Bonchev–Trinajstić information content (AvgIpc) is 3.95. The van der Waals surface area contributed by atoms with Crippen molar-refractivity contribution >= 4 is 54.6 Å². The quantitative estimate of drug-likeness (QED) is 0.170. The summed E-state index contributed by atoms with van der Waals surface area (Å²) in [4.78, 5) is 15.4. The van der Waals surface area contributed by atoms with E-state index in [-0.39, 0.29) is 0 Å². The Kier molecular flexibility index (Phi) is 7.43. The van der Waals surface area contributed by atoms with Crippen molar-refractivity contribution in [3.05, 3.63) is 206 Å². The molecule has 0 fully saturated rings. The highest BCUT2D eigenvalue weighted by Gasteiger charge is 2.27. The molecule has 8 aromatic carbocycles. The fourth-order valence-corrected chi connectivity index (χ4v) is 9.01. The second-order valence-electron chi connectivity index (χ2n) is 14.8. The normalized spacial score (nSPS) is 11.7. The highest BCUT2D eigenvalue weighted by atomic mass is 15.1. The lowest BCUT2D eigenvalue weighted by atomic mass is 10.1. The van der Waals surface area contributed by atoms with Crippen molar-refractivity contribution in [3.63, 3.8) is 0 Å². The van der Waals surface area contributed by atoms with Gasteiger partial charge in [-0.25, -0.2) is 15.0 Å². The maximum atomic E-state index is 5.19. The number of fused-ring (bicyclic) bond motifs is 9. The van der Waals surface area contributed by atoms with Gasteiger partial charge in [0.1, 0.15) is 0 Å². The molecule has 12 aromatic rings. The molecular weight excluding hydrogens is 721 g/mol. The Labute approximate surface area is 339 Å². The van der Waals surface area contributed by atoms with Crippen molar-refractivity contribution in [2.45, 2.75) is 0 Å². The molecule has 0 radical (unpaired) electrons. The van der Waals surface area contributed by atoms with Crippen molar-refractivity contribution < 1.29 is 0 Å². The number of nitrogens with zero attached hydrogens (tertiary/aromatic N) is 6. The van der Waals surface area contributed by atoms with Crippen molar-refractivity contribution in [1.82, 2.24) is 28.7 Å². The fraction of sp³-hybridized carbons (Fsp3) is 0. The van der Waals surface area contributed by atoms with Crippen LogP contribution >= 0.6 is 0 Å². The molecule has 0 aliphatic heterocycles. The van der Waals surface area contributed by atoms with Crippen LogP contribution in [0.2, 0.25) is 0 Å². The Morgan fingerprint density at radius 2 is 0.729 bits per heavy atom. The van der Waals surface area contributed by atoms with E-state index in [1.807, 2.05) is 36.4 Å². The van der Waals surface area contributed by atoms with Crippen molar-refractivity contribution in [2.24, 2.45) is 0 Å². The molecule has 0 amide bonds. The summed E-state index contributed by atoms with van der Waals surface area (Å²) in [5.74, 6) is 1.88. The molecule has 0 aliphatic carbocycles. The van der Waals surface area contributed by atoms with Gasteiger partial charge in [-0.05, 0) is 60.7 Å². The Balaban J connectivity index is 1.21. The van der Waals surface area contributed by atoms with E-state index in [0.717, 1.165) is 50.3 Å². The molecule has 0 atom stereocenters. The second kappa shape index (κ2) is 13.3. The summed E-state index contributed by atoms with van der Waals surface area (Å²) in [5.41, 5.74) is 12.9. The van der Waals surface area contributed by atoms with E-state index < -0.39 is 0 Å². The van der Waals surface area contributed by atoms with E-state index in [0.29, 0.717) is 17.5 Å². The Hall–Kier alpha value is -8.09. The van der Waals surface area contributed by atoms with Gasteiger partial charge in [0.15, 0.2) is 17.5 Å². The molecule has 0 bridgehead atoms. The molecular formula is C53H34N6. The van der Waals surface area contributed by atoms with Crippen molar-refractivity contribution in [1.29, 1.82) is 0 Å².